The third-order valence-corrected chi connectivity index (χ3v) is 6.17. The third-order valence-electron chi connectivity index (χ3n) is 3.62. The van der Waals surface area contributed by atoms with Crippen LogP contribution < -0.4 is 16.0 Å². The molecule has 1 aliphatic rings. The molecule has 7 nitrogen and oxygen atoms in total. The molecule has 0 aromatic heterocycles. The van der Waals surface area contributed by atoms with Gasteiger partial charge in [-0.25, -0.2) is 21.6 Å². The van der Waals surface area contributed by atoms with Crippen molar-refractivity contribution in [2.24, 2.45) is 11.3 Å². The van der Waals surface area contributed by atoms with E-state index in [0.29, 0.717) is 6.54 Å². The van der Waals surface area contributed by atoms with Gasteiger partial charge >= 0.3 is 0 Å². The average molecular weight is 333 g/mol. The van der Waals surface area contributed by atoms with Gasteiger partial charge in [-0.05, 0) is 36.5 Å². The van der Waals surface area contributed by atoms with Gasteiger partial charge in [-0.2, -0.15) is 0 Å². The highest BCUT2D eigenvalue weighted by atomic mass is 32.2. The predicted octanol–water partition coefficient (Wildman–Crippen LogP) is 0.454. The molecule has 2 rings (SSSR count). The number of sulfonamides is 1. The molecular weight excluding hydrogens is 314 g/mol. The minimum atomic E-state index is -3.84. The summed E-state index contributed by atoms with van der Waals surface area (Å²) in [5, 5.41) is 0. The summed E-state index contributed by atoms with van der Waals surface area (Å²) in [6.07, 6.45) is 2.97. The first-order chi connectivity index (χ1) is 9.57. The fourth-order valence-corrected chi connectivity index (χ4v) is 3.93. The molecule has 0 amide bonds. The number of nitrogens with one attached hydrogen (secondary N) is 2. The molecule has 1 saturated carbocycles. The predicted molar refractivity (Wildman–Crippen MR) is 79.9 cm³/mol. The minimum Gasteiger partial charge on any atom is -0.323 e. The van der Waals surface area contributed by atoms with E-state index in [1.54, 1.807) is 0 Å². The van der Waals surface area contributed by atoms with Crippen molar-refractivity contribution in [2.45, 2.75) is 29.6 Å². The van der Waals surface area contributed by atoms with Crippen molar-refractivity contribution in [3.63, 3.8) is 0 Å². The van der Waals surface area contributed by atoms with E-state index in [-0.39, 0.29) is 20.9 Å². The van der Waals surface area contributed by atoms with Crippen molar-refractivity contribution >= 4 is 25.5 Å². The van der Waals surface area contributed by atoms with Crippen LogP contribution >= 0.6 is 0 Å². The molecule has 1 aromatic carbocycles. The molecule has 4 N–H and O–H groups in total. The largest absolute Gasteiger partial charge is 0.323 e. The lowest BCUT2D eigenvalue weighted by molar-refractivity contribution is 0.530. The summed E-state index contributed by atoms with van der Waals surface area (Å²) in [4.78, 5) is -0.239. The SMILES string of the molecule is CC1(CNS(=O)(=O)c2cc(S(C)(=O)=O)ccc2NN)CC1. The Kier molecular flexibility index (Phi) is 4.04. The Labute approximate surface area is 124 Å². The quantitative estimate of drug-likeness (QED) is 0.514. The molecule has 0 spiro atoms. The van der Waals surface area contributed by atoms with Gasteiger partial charge in [0.2, 0.25) is 10.0 Å². The molecule has 0 atom stereocenters. The second kappa shape index (κ2) is 5.24. The van der Waals surface area contributed by atoms with Crippen LogP contribution in [0.1, 0.15) is 19.8 Å². The summed E-state index contributed by atoms with van der Waals surface area (Å²) in [6, 6.07) is 3.76. The minimum absolute atomic E-state index is 0.00216. The Balaban J connectivity index is 2.39. The molecule has 1 aromatic rings. The van der Waals surface area contributed by atoms with Crippen molar-refractivity contribution in [3.8, 4) is 0 Å². The van der Waals surface area contributed by atoms with Crippen LogP contribution in [0.5, 0.6) is 0 Å². The highest BCUT2D eigenvalue weighted by molar-refractivity contribution is 7.91. The maximum absolute atomic E-state index is 12.4. The Morgan fingerprint density at radius 2 is 1.86 bits per heavy atom. The Morgan fingerprint density at radius 1 is 1.24 bits per heavy atom. The second-order valence-corrected chi connectivity index (χ2v) is 9.46. The molecule has 0 bridgehead atoms. The summed E-state index contributed by atoms with van der Waals surface area (Å²) >= 11 is 0. The molecule has 0 saturated heterocycles. The van der Waals surface area contributed by atoms with Gasteiger partial charge in [0.1, 0.15) is 4.90 Å². The maximum Gasteiger partial charge on any atom is 0.242 e. The molecule has 1 aliphatic carbocycles. The van der Waals surface area contributed by atoms with Gasteiger partial charge in [0, 0.05) is 12.8 Å². The van der Waals surface area contributed by atoms with E-state index in [0.717, 1.165) is 25.2 Å². The number of hydrazine groups is 1. The summed E-state index contributed by atoms with van der Waals surface area (Å²) in [6.45, 7) is 2.31. The van der Waals surface area contributed by atoms with Crippen molar-refractivity contribution < 1.29 is 16.8 Å². The van der Waals surface area contributed by atoms with Crippen LogP contribution in [-0.4, -0.2) is 29.6 Å². The van der Waals surface area contributed by atoms with Crippen LogP contribution in [0.15, 0.2) is 28.0 Å². The lowest BCUT2D eigenvalue weighted by atomic mass is 10.2. The van der Waals surface area contributed by atoms with Crippen molar-refractivity contribution in [3.05, 3.63) is 18.2 Å². The Morgan fingerprint density at radius 3 is 2.33 bits per heavy atom. The lowest BCUT2D eigenvalue weighted by Gasteiger charge is -2.14. The van der Waals surface area contributed by atoms with Crippen molar-refractivity contribution in [1.29, 1.82) is 0 Å². The fourth-order valence-electron chi connectivity index (χ4n) is 1.81. The average Bonchev–Trinajstić information content (AvgIpc) is 3.13. The van der Waals surface area contributed by atoms with Crippen LogP contribution in [-0.2, 0) is 19.9 Å². The number of hydrogen-bond donors (Lipinski definition) is 3. The third kappa shape index (κ3) is 3.73. The van der Waals surface area contributed by atoms with Crippen LogP contribution in [0.25, 0.3) is 0 Å². The number of sulfone groups is 1. The molecular formula is C12H19N3O4S2. The van der Waals surface area contributed by atoms with Gasteiger partial charge in [-0.1, -0.05) is 6.92 Å². The van der Waals surface area contributed by atoms with Gasteiger partial charge in [0.25, 0.3) is 0 Å². The number of rotatable bonds is 6. The van der Waals surface area contributed by atoms with E-state index < -0.39 is 19.9 Å². The molecule has 0 aliphatic heterocycles. The highest BCUT2D eigenvalue weighted by Gasteiger charge is 2.38. The van der Waals surface area contributed by atoms with Gasteiger partial charge in [-0.15, -0.1) is 0 Å². The normalized spacial score (nSPS) is 17.5. The van der Waals surface area contributed by atoms with Gasteiger partial charge < -0.3 is 5.43 Å². The summed E-state index contributed by atoms with van der Waals surface area (Å²) in [7, 11) is -7.34. The molecule has 9 heteroatoms. The highest BCUT2D eigenvalue weighted by Crippen LogP contribution is 2.44. The number of benzene rings is 1. The van der Waals surface area contributed by atoms with Crippen molar-refractivity contribution in [2.75, 3.05) is 18.2 Å². The molecule has 21 heavy (non-hydrogen) atoms. The molecule has 118 valence electrons. The number of nitrogen functional groups attached to an aromatic ring is 1. The second-order valence-electron chi connectivity index (χ2n) is 5.71. The number of nitrogens with two attached hydrogens (primary N) is 1. The maximum atomic E-state index is 12.4. The zero-order valence-corrected chi connectivity index (χ0v) is 13.5. The first-order valence-electron chi connectivity index (χ1n) is 6.38. The van der Waals surface area contributed by atoms with E-state index in [2.05, 4.69) is 10.1 Å². The van der Waals surface area contributed by atoms with E-state index >= 15 is 0 Å². The van der Waals surface area contributed by atoms with E-state index in [1.165, 1.54) is 12.1 Å². The molecule has 0 heterocycles. The smallest absolute Gasteiger partial charge is 0.242 e. The van der Waals surface area contributed by atoms with Crippen LogP contribution in [0, 0.1) is 5.41 Å². The lowest BCUT2D eigenvalue weighted by Crippen LogP contribution is -2.30. The summed E-state index contributed by atoms with van der Waals surface area (Å²) in [5.74, 6) is 5.31. The Bertz CT molecular complexity index is 753. The first-order valence-corrected chi connectivity index (χ1v) is 9.75. The van der Waals surface area contributed by atoms with Crippen LogP contribution in [0.2, 0.25) is 0 Å². The molecule has 1 fully saturated rings. The van der Waals surface area contributed by atoms with Gasteiger partial charge in [-0.3, -0.25) is 5.84 Å². The zero-order chi connectivity index (χ0) is 15.9. The van der Waals surface area contributed by atoms with Crippen LogP contribution in [0.3, 0.4) is 0 Å². The summed E-state index contributed by atoms with van der Waals surface area (Å²) in [5.41, 5.74) is 2.43. The van der Waals surface area contributed by atoms with Crippen molar-refractivity contribution in [1.82, 2.24) is 4.72 Å². The monoisotopic (exact) mass is 333 g/mol. The zero-order valence-electron chi connectivity index (χ0n) is 11.9. The number of anilines is 1. The Hall–Kier alpha value is -1.16. The van der Waals surface area contributed by atoms with Crippen LogP contribution in [0.4, 0.5) is 5.69 Å². The number of hydrogen-bond acceptors (Lipinski definition) is 6. The van der Waals surface area contributed by atoms with Gasteiger partial charge in [0.15, 0.2) is 9.84 Å². The standard InChI is InChI=1S/C12H19N3O4S2/c1-12(5-6-12)8-14-21(18,19)11-7-9(20(2,16)17)3-4-10(11)15-13/h3-4,7,14-15H,5-6,8,13H2,1-2H3. The molecule has 0 radical (unpaired) electrons. The first kappa shape index (κ1) is 16.2. The molecule has 0 unspecified atom stereocenters. The van der Waals surface area contributed by atoms with E-state index in [9.17, 15) is 16.8 Å². The van der Waals surface area contributed by atoms with E-state index in [4.69, 9.17) is 5.84 Å². The van der Waals surface area contributed by atoms with Gasteiger partial charge in [0.05, 0.1) is 10.6 Å². The topological polar surface area (TPSA) is 118 Å². The summed E-state index contributed by atoms with van der Waals surface area (Å²) < 4.78 is 50.4. The van der Waals surface area contributed by atoms with E-state index in [1.807, 2.05) is 6.92 Å². The fraction of sp³-hybridized carbons (Fsp3) is 0.500.